The van der Waals surface area contributed by atoms with Gasteiger partial charge in [0.1, 0.15) is 36.3 Å². The Bertz CT molecular complexity index is 2440. The van der Waals surface area contributed by atoms with Gasteiger partial charge in [-0.25, -0.2) is 28.6 Å². The van der Waals surface area contributed by atoms with Crippen molar-refractivity contribution >= 4 is 69.1 Å². The van der Waals surface area contributed by atoms with E-state index in [0.717, 1.165) is 73.9 Å². The molecular weight excluding hydrogens is 1040 g/mol. The monoisotopic (exact) mass is 1100 g/mol. The van der Waals surface area contributed by atoms with Crippen LogP contribution in [0.1, 0.15) is 84.8 Å². The third kappa shape index (κ3) is 24.8. The van der Waals surface area contributed by atoms with Crippen molar-refractivity contribution in [1.82, 2.24) is 30.2 Å². The van der Waals surface area contributed by atoms with Crippen molar-refractivity contribution in [2.24, 2.45) is 5.41 Å². The third-order valence-corrected chi connectivity index (χ3v) is 14.0. The van der Waals surface area contributed by atoms with Gasteiger partial charge in [0.05, 0.1) is 19.5 Å². The van der Waals surface area contributed by atoms with Crippen molar-refractivity contribution in [3.05, 3.63) is 97.7 Å². The maximum absolute atomic E-state index is 12.8. The first kappa shape index (κ1) is 63.0. The lowest BCUT2D eigenvalue weighted by Gasteiger charge is -2.30. The number of aliphatic hydroxyl groups excluding tert-OH is 2. The number of rotatable bonds is 34. The van der Waals surface area contributed by atoms with Crippen LogP contribution in [0.4, 0.5) is 5.82 Å². The molecule has 1 aliphatic heterocycles. The van der Waals surface area contributed by atoms with E-state index >= 15 is 0 Å². The van der Waals surface area contributed by atoms with Gasteiger partial charge in [0.25, 0.3) is 0 Å². The number of ether oxygens (including phenoxy) is 1. The molecule has 3 heterocycles. The van der Waals surface area contributed by atoms with E-state index in [-0.39, 0.29) is 41.6 Å². The predicted octanol–water partition coefficient (Wildman–Crippen LogP) is 5.70. The highest BCUT2D eigenvalue weighted by atomic mass is 32.2. The number of amides is 2. The number of carbonyl (C=O) groups is 3. The van der Waals surface area contributed by atoms with E-state index < -0.39 is 84.6 Å². The van der Waals surface area contributed by atoms with Crippen LogP contribution >= 0.6 is 35.2 Å². The lowest BCUT2D eigenvalue weighted by molar-refractivity contribution is -0.137. The summed E-state index contributed by atoms with van der Waals surface area (Å²) in [6.45, 7) is 2.57. The number of nitrogens with one attached hydrogen (secondary N) is 2. The average molecular weight is 1100 g/mol. The van der Waals surface area contributed by atoms with Crippen LogP contribution in [0.5, 0.6) is 0 Å². The largest absolute Gasteiger partial charge is 0.481 e. The highest BCUT2D eigenvalue weighted by Crippen LogP contribution is 2.61. The van der Waals surface area contributed by atoms with Gasteiger partial charge in [0.15, 0.2) is 17.7 Å². The molecule has 73 heavy (non-hydrogen) atoms. The molecule has 28 heteroatoms. The number of aromatic nitrogens is 4. The number of aliphatic hydroxyl groups is 2. The van der Waals surface area contributed by atoms with Crippen LogP contribution in [0.15, 0.2) is 97.7 Å². The van der Waals surface area contributed by atoms with Gasteiger partial charge in [-0.15, -0.1) is 0 Å². The zero-order valence-corrected chi connectivity index (χ0v) is 44.3. The lowest BCUT2D eigenvalue weighted by atomic mass is 9.87. The Balaban J connectivity index is 1.28. The summed E-state index contributed by atoms with van der Waals surface area (Å²) < 4.78 is 62.5. The van der Waals surface area contributed by atoms with Crippen molar-refractivity contribution in [2.75, 3.05) is 37.8 Å². The van der Waals surface area contributed by atoms with Crippen molar-refractivity contribution in [2.45, 2.75) is 109 Å². The molecule has 0 radical (unpaired) electrons. The van der Waals surface area contributed by atoms with Crippen molar-refractivity contribution in [3.8, 4) is 0 Å². The van der Waals surface area contributed by atoms with Gasteiger partial charge in [0, 0.05) is 30.7 Å². The number of allylic oxidation sites excluding steroid dienone is 13. The Hall–Kier alpha value is -4.26. The molecule has 24 nitrogen and oxygen atoms in total. The summed E-state index contributed by atoms with van der Waals surface area (Å²) in [5.41, 5.74) is 4.26. The molecule has 2 amide bonds. The minimum absolute atomic E-state index is 0.0284. The number of hydrogen-bond acceptors (Lipinski definition) is 18. The van der Waals surface area contributed by atoms with Crippen LogP contribution in [-0.4, -0.2) is 123 Å². The van der Waals surface area contributed by atoms with Gasteiger partial charge in [-0.1, -0.05) is 112 Å². The Kier molecular flexibility index (Phi) is 27.8. The van der Waals surface area contributed by atoms with Crippen molar-refractivity contribution in [1.29, 1.82) is 0 Å². The topological polar surface area (TPSA) is 364 Å². The molecule has 1 aliphatic rings. The molecule has 2 aromatic heterocycles. The average Bonchev–Trinajstić information content (AvgIpc) is 3.88. The number of phosphoric acid groups is 3. The van der Waals surface area contributed by atoms with Crippen LogP contribution < -0.4 is 16.4 Å². The van der Waals surface area contributed by atoms with E-state index in [4.69, 9.17) is 19.5 Å². The Morgan fingerprint density at radius 3 is 2.01 bits per heavy atom. The molecule has 0 spiro atoms. The number of phosphoric ester groups is 3. The summed E-state index contributed by atoms with van der Waals surface area (Å²) in [6.07, 6.45) is 29.2. The number of carbonyl (C=O) groups excluding carboxylic acids is 3. The van der Waals surface area contributed by atoms with Gasteiger partial charge >= 0.3 is 23.5 Å². The maximum Gasteiger partial charge on any atom is 0.481 e. The molecule has 10 N–H and O–H groups in total. The van der Waals surface area contributed by atoms with Crippen LogP contribution in [0.25, 0.3) is 11.2 Å². The Labute approximate surface area is 428 Å². The zero-order valence-electron chi connectivity index (χ0n) is 40.8. The summed E-state index contributed by atoms with van der Waals surface area (Å²) >= 11 is 1.03. The summed E-state index contributed by atoms with van der Waals surface area (Å²) in [5, 5.41) is 26.4. The number of imidazole rings is 1. The molecule has 7 atom stereocenters. The summed E-state index contributed by atoms with van der Waals surface area (Å²) in [4.78, 5) is 88.4. The second kappa shape index (κ2) is 32.2. The van der Waals surface area contributed by atoms with Crippen LogP contribution in [0.3, 0.4) is 0 Å². The maximum atomic E-state index is 12.8. The highest BCUT2D eigenvalue weighted by Gasteiger charge is 2.50. The zero-order chi connectivity index (χ0) is 53.9. The lowest BCUT2D eigenvalue weighted by Crippen LogP contribution is -2.46. The first-order valence-electron chi connectivity index (χ1n) is 23.2. The fraction of sp³-hybridized carbons (Fsp3) is 0.511. The van der Waals surface area contributed by atoms with Gasteiger partial charge in [0.2, 0.25) is 16.9 Å². The Morgan fingerprint density at radius 1 is 0.836 bits per heavy atom. The van der Waals surface area contributed by atoms with Gasteiger partial charge in [-0.05, 0) is 57.4 Å². The van der Waals surface area contributed by atoms with Crippen LogP contribution in [-0.2, 0) is 50.7 Å². The number of hydrogen-bond donors (Lipinski definition) is 9. The highest BCUT2D eigenvalue weighted by molar-refractivity contribution is 8.14. The smallest absolute Gasteiger partial charge is 0.386 e. The third-order valence-electron chi connectivity index (χ3n) is 10.1. The fourth-order valence-electron chi connectivity index (χ4n) is 6.34. The number of nitrogen functional groups attached to an aromatic ring is 1. The molecule has 3 unspecified atom stereocenters. The summed E-state index contributed by atoms with van der Waals surface area (Å²) in [6, 6.07) is 0. The van der Waals surface area contributed by atoms with Crippen molar-refractivity contribution in [3.63, 3.8) is 0 Å². The number of nitrogens with zero attached hydrogens (tertiary/aromatic N) is 4. The first-order valence-corrected chi connectivity index (χ1v) is 28.7. The van der Waals surface area contributed by atoms with E-state index in [1.165, 1.54) is 19.9 Å². The number of nitrogens with two attached hydrogens (primary N) is 1. The van der Waals surface area contributed by atoms with E-state index in [1.807, 2.05) is 0 Å². The number of unbranched alkanes of at least 4 members (excludes halogenated alkanes) is 1. The second-order valence-corrected chi connectivity index (χ2v) is 22.0. The van der Waals surface area contributed by atoms with Gasteiger partial charge < -0.3 is 50.9 Å². The second-order valence-electron chi connectivity index (χ2n) is 16.6. The molecule has 0 bridgehead atoms. The first-order chi connectivity index (χ1) is 34.6. The molecule has 3 rings (SSSR count). The molecule has 0 aromatic carbocycles. The molecule has 0 aliphatic carbocycles. The van der Waals surface area contributed by atoms with E-state index in [0.29, 0.717) is 12.2 Å². The quantitative estimate of drug-likeness (QED) is 0.0176. The van der Waals surface area contributed by atoms with Gasteiger partial charge in [-0.3, -0.25) is 32.5 Å². The SMILES string of the molecule is CCC=CCC=CCC=CCC=CCC=CCC=CCCC=CC(=O)SCCNC(=O)CCNC(=O)C(O)C(C)(C)COP(=O)(O)OP(=O)(O)OC[C@@H]1O[C@H](n2cnc3c(N)ncnc32)[C@H](O)[C@@H]1OP(=O)(O)O. The number of fused-ring (bicyclic) bond motifs is 1. The molecular formula is C45H68N7O17P3S. The van der Waals surface area contributed by atoms with Crippen LogP contribution in [0, 0.1) is 5.41 Å². The van der Waals surface area contributed by atoms with Crippen molar-refractivity contribution < 1.29 is 80.5 Å². The predicted molar refractivity (Wildman–Crippen MR) is 274 cm³/mol. The normalized spacial score (nSPS) is 20.2. The Morgan fingerprint density at radius 2 is 1.41 bits per heavy atom. The standard InChI is InChI=1S/C45H68N7O17P3S/c1-4-5-6-7-8-9-10-11-12-13-14-15-16-17-18-19-20-21-22-23-24-25-36(54)73-29-28-47-35(53)26-27-48-43(57)40(56)45(2,3)31-66-72(63,64)69-71(61,62)65-30-34-39(68-70(58,59)60)38(55)44(67-34)52-33-51-37-41(46)49-32-50-42(37)52/h5-6,8-9,11-12,14-15,17-18,20-21,24-25,32-34,38-40,44,55-56H,4,7,10,13,16,19,22-23,26-31H2,1-3H3,(H,47,53)(H,48,57)(H,61,62)(H,63,64)(H2,46,49,50)(H2,58,59,60)/t34-,38+,39+,40?,44-/m0/s1. The molecule has 2 aromatic rings. The van der Waals surface area contributed by atoms with Gasteiger partial charge in [-0.2, -0.15) is 4.31 Å². The summed E-state index contributed by atoms with van der Waals surface area (Å²) in [5.74, 6) is -1.16. The molecule has 1 fully saturated rings. The minimum Gasteiger partial charge on any atom is -0.386 e. The van der Waals surface area contributed by atoms with Crippen LogP contribution in [0.2, 0.25) is 0 Å². The number of anilines is 1. The van der Waals surface area contributed by atoms with E-state index in [2.05, 4.69) is 114 Å². The molecule has 406 valence electrons. The minimum atomic E-state index is -5.59. The molecule has 0 saturated carbocycles. The van der Waals surface area contributed by atoms with E-state index in [1.54, 1.807) is 6.08 Å². The molecule has 1 saturated heterocycles. The van der Waals surface area contributed by atoms with E-state index in [9.17, 15) is 57.9 Å². The fourth-order valence-corrected chi connectivity index (χ4v) is 9.77. The summed E-state index contributed by atoms with van der Waals surface area (Å²) in [7, 11) is -16.4. The number of thioether (sulfide) groups is 1.